The standard InChI is InChI=1S/C12H6Cl2F2/c13-9-2-1-3-10(14)12(9)8-6-7(15)4-5-11(8)16/h1-6H. The molecule has 0 heterocycles. The van der Waals surface area contributed by atoms with E-state index >= 15 is 0 Å². The van der Waals surface area contributed by atoms with E-state index in [1.165, 1.54) is 0 Å². The van der Waals surface area contributed by atoms with E-state index in [1.54, 1.807) is 18.2 Å². The van der Waals surface area contributed by atoms with Crippen molar-refractivity contribution in [3.05, 3.63) is 58.1 Å². The number of hydrogen-bond donors (Lipinski definition) is 0. The minimum atomic E-state index is -0.559. The van der Waals surface area contributed by atoms with Gasteiger partial charge in [0.15, 0.2) is 0 Å². The molecule has 0 atom stereocenters. The summed E-state index contributed by atoms with van der Waals surface area (Å²) in [4.78, 5) is 0. The van der Waals surface area contributed by atoms with Gasteiger partial charge in [0.2, 0.25) is 0 Å². The highest BCUT2D eigenvalue weighted by atomic mass is 35.5. The molecule has 0 unspecified atom stereocenters. The zero-order valence-corrected chi connectivity index (χ0v) is 9.49. The first kappa shape index (κ1) is 11.4. The molecule has 16 heavy (non-hydrogen) atoms. The van der Waals surface area contributed by atoms with Gasteiger partial charge in [0, 0.05) is 21.2 Å². The van der Waals surface area contributed by atoms with E-state index in [1.807, 2.05) is 0 Å². The van der Waals surface area contributed by atoms with E-state index in [0.717, 1.165) is 18.2 Å². The Bertz CT molecular complexity index is 518. The Balaban J connectivity index is 2.72. The normalized spacial score (nSPS) is 10.5. The zero-order valence-electron chi connectivity index (χ0n) is 7.98. The maximum Gasteiger partial charge on any atom is 0.131 e. The smallest absolute Gasteiger partial charge is 0.131 e. The highest BCUT2D eigenvalue weighted by Gasteiger charge is 2.13. The zero-order chi connectivity index (χ0) is 11.7. The molecule has 0 aliphatic heterocycles. The van der Waals surface area contributed by atoms with Crippen molar-refractivity contribution in [2.24, 2.45) is 0 Å². The van der Waals surface area contributed by atoms with Gasteiger partial charge in [-0.3, -0.25) is 0 Å². The molecule has 0 bridgehead atoms. The largest absolute Gasteiger partial charge is 0.207 e. The van der Waals surface area contributed by atoms with Crippen LogP contribution in [0.3, 0.4) is 0 Å². The first-order valence-electron chi connectivity index (χ1n) is 4.49. The van der Waals surface area contributed by atoms with Crippen LogP contribution in [0.4, 0.5) is 8.78 Å². The third kappa shape index (κ3) is 2.04. The highest BCUT2D eigenvalue weighted by molar-refractivity contribution is 6.39. The molecule has 4 heteroatoms. The third-order valence-corrected chi connectivity index (χ3v) is 2.79. The molecule has 0 amide bonds. The van der Waals surface area contributed by atoms with Crippen LogP contribution in [0.2, 0.25) is 10.0 Å². The predicted octanol–water partition coefficient (Wildman–Crippen LogP) is 4.94. The number of hydrogen-bond acceptors (Lipinski definition) is 0. The van der Waals surface area contributed by atoms with E-state index in [9.17, 15) is 8.78 Å². The lowest BCUT2D eigenvalue weighted by molar-refractivity contribution is 0.603. The van der Waals surface area contributed by atoms with Crippen molar-refractivity contribution in [2.45, 2.75) is 0 Å². The molecule has 0 nitrogen and oxygen atoms in total. The first-order valence-corrected chi connectivity index (χ1v) is 5.24. The molecule has 2 rings (SSSR count). The molecule has 0 aliphatic rings. The Labute approximate surface area is 101 Å². The van der Waals surface area contributed by atoms with E-state index in [-0.39, 0.29) is 15.6 Å². The lowest BCUT2D eigenvalue weighted by Gasteiger charge is -2.08. The van der Waals surface area contributed by atoms with Crippen molar-refractivity contribution in [1.82, 2.24) is 0 Å². The Morgan fingerprint density at radius 1 is 0.875 bits per heavy atom. The summed E-state index contributed by atoms with van der Waals surface area (Å²) in [6.45, 7) is 0. The molecule has 82 valence electrons. The number of halogens is 4. The minimum Gasteiger partial charge on any atom is -0.207 e. The first-order chi connectivity index (χ1) is 7.59. The van der Waals surface area contributed by atoms with Crippen LogP contribution in [0.15, 0.2) is 36.4 Å². The van der Waals surface area contributed by atoms with Crippen molar-refractivity contribution in [3.63, 3.8) is 0 Å². The van der Waals surface area contributed by atoms with Gasteiger partial charge in [-0.25, -0.2) is 8.78 Å². The second-order valence-electron chi connectivity index (χ2n) is 3.22. The fourth-order valence-corrected chi connectivity index (χ4v) is 2.05. The van der Waals surface area contributed by atoms with Gasteiger partial charge in [-0.05, 0) is 30.3 Å². The quantitative estimate of drug-likeness (QED) is 0.680. The topological polar surface area (TPSA) is 0 Å². The number of rotatable bonds is 1. The monoisotopic (exact) mass is 258 g/mol. The summed E-state index contributed by atoms with van der Waals surface area (Å²) in [5, 5.41) is 0.578. The lowest BCUT2D eigenvalue weighted by atomic mass is 10.0. The van der Waals surface area contributed by atoms with Crippen LogP contribution in [0.25, 0.3) is 11.1 Å². The summed E-state index contributed by atoms with van der Waals surface area (Å²) in [7, 11) is 0. The molecule has 2 aromatic carbocycles. The van der Waals surface area contributed by atoms with Crippen molar-refractivity contribution < 1.29 is 8.78 Å². The second-order valence-corrected chi connectivity index (χ2v) is 4.04. The molecule has 0 spiro atoms. The average molecular weight is 259 g/mol. The van der Waals surface area contributed by atoms with Crippen molar-refractivity contribution in [2.75, 3.05) is 0 Å². The minimum absolute atomic E-state index is 0.0654. The molecule has 2 aromatic rings. The molecule has 0 N–H and O–H groups in total. The van der Waals surface area contributed by atoms with Gasteiger partial charge in [-0.2, -0.15) is 0 Å². The van der Waals surface area contributed by atoms with E-state index in [2.05, 4.69) is 0 Å². The van der Waals surface area contributed by atoms with Gasteiger partial charge < -0.3 is 0 Å². The van der Waals surface area contributed by atoms with Gasteiger partial charge in [0.25, 0.3) is 0 Å². The Morgan fingerprint density at radius 3 is 2.12 bits per heavy atom. The van der Waals surface area contributed by atoms with Gasteiger partial charge in [0.05, 0.1) is 0 Å². The second kappa shape index (κ2) is 4.40. The van der Waals surface area contributed by atoms with Crippen LogP contribution in [0, 0.1) is 11.6 Å². The Kier molecular flexibility index (Phi) is 3.13. The summed E-state index contributed by atoms with van der Waals surface area (Å²) in [6.07, 6.45) is 0. The fraction of sp³-hybridized carbons (Fsp3) is 0. The highest BCUT2D eigenvalue weighted by Crippen LogP contribution is 2.36. The summed E-state index contributed by atoms with van der Waals surface area (Å²) in [6, 6.07) is 7.96. The van der Waals surface area contributed by atoms with Crippen molar-refractivity contribution in [1.29, 1.82) is 0 Å². The molecule has 0 saturated carbocycles. The molecule has 0 fully saturated rings. The molecule has 0 saturated heterocycles. The Morgan fingerprint density at radius 2 is 1.50 bits per heavy atom. The molecular weight excluding hydrogens is 253 g/mol. The summed E-state index contributed by atoms with van der Waals surface area (Å²) >= 11 is 11.8. The SMILES string of the molecule is Fc1ccc(F)c(-c2c(Cl)cccc2Cl)c1. The summed E-state index contributed by atoms with van der Waals surface area (Å²) in [5.41, 5.74) is 0.374. The summed E-state index contributed by atoms with van der Waals surface area (Å²) < 4.78 is 26.6. The van der Waals surface area contributed by atoms with Crippen molar-refractivity contribution in [3.8, 4) is 11.1 Å². The molecule has 0 aliphatic carbocycles. The van der Waals surface area contributed by atoms with E-state index in [0.29, 0.717) is 5.56 Å². The molecule has 0 radical (unpaired) electrons. The van der Waals surface area contributed by atoms with Gasteiger partial charge >= 0.3 is 0 Å². The van der Waals surface area contributed by atoms with Gasteiger partial charge in [-0.1, -0.05) is 29.3 Å². The molecule has 0 aromatic heterocycles. The Hall–Kier alpha value is -1.12. The predicted molar refractivity (Wildman–Crippen MR) is 61.8 cm³/mol. The van der Waals surface area contributed by atoms with Crippen LogP contribution in [-0.4, -0.2) is 0 Å². The molecular formula is C12H6Cl2F2. The van der Waals surface area contributed by atoms with Crippen LogP contribution in [-0.2, 0) is 0 Å². The van der Waals surface area contributed by atoms with E-state index in [4.69, 9.17) is 23.2 Å². The maximum absolute atomic E-state index is 13.5. The number of benzene rings is 2. The fourth-order valence-electron chi connectivity index (χ4n) is 1.44. The van der Waals surface area contributed by atoms with Crippen LogP contribution >= 0.6 is 23.2 Å². The van der Waals surface area contributed by atoms with Crippen LogP contribution < -0.4 is 0 Å². The third-order valence-electron chi connectivity index (χ3n) is 2.16. The van der Waals surface area contributed by atoms with Crippen LogP contribution in [0.5, 0.6) is 0 Å². The summed E-state index contributed by atoms with van der Waals surface area (Å²) in [5.74, 6) is -1.09. The van der Waals surface area contributed by atoms with E-state index < -0.39 is 11.6 Å². The average Bonchev–Trinajstić information content (AvgIpc) is 2.23. The lowest BCUT2D eigenvalue weighted by Crippen LogP contribution is -1.88. The maximum atomic E-state index is 13.5. The van der Waals surface area contributed by atoms with Crippen LogP contribution in [0.1, 0.15) is 0 Å². The van der Waals surface area contributed by atoms with Gasteiger partial charge in [-0.15, -0.1) is 0 Å². The van der Waals surface area contributed by atoms with Crippen molar-refractivity contribution >= 4 is 23.2 Å². The van der Waals surface area contributed by atoms with Gasteiger partial charge in [0.1, 0.15) is 11.6 Å².